The molecule has 28 heavy (non-hydrogen) atoms. The Morgan fingerprint density at radius 1 is 1.25 bits per heavy atom. The molecule has 0 spiro atoms. The number of pyridine rings is 1. The summed E-state index contributed by atoms with van der Waals surface area (Å²) in [5.41, 5.74) is -0.0486. The Hall–Kier alpha value is -2.99. The molecule has 0 atom stereocenters. The largest absolute Gasteiger partial charge is 0.506 e. The molecule has 0 aliphatic heterocycles. The normalized spacial score (nSPS) is 11.6. The minimum absolute atomic E-state index is 0.0744. The third kappa shape index (κ3) is 5.76. The van der Waals surface area contributed by atoms with E-state index in [9.17, 15) is 9.59 Å². The molecular formula is C22H28N2O4. The predicted molar refractivity (Wildman–Crippen MR) is 107 cm³/mol. The number of aromatic hydroxyl groups is 1. The molecule has 2 N–H and O–H groups in total. The lowest BCUT2D eigenvalue weighted by molar-refractivity contribution is -0.155. The maximum atomic E-state index is 12.5. The minimum Gasteiger partial charge on any atom is -0.506 e. The van der Waals surface area contributed by atoms with E-state index in [4.69, 9.17) is 24.1 Å². The number of hydrogen-bond donors (Lipinski definition) is 2. The Labute approximate surface area is 168 Å². The van der Waals surface area contributed by atoms with Crippen LogP contribution in [0.4, 0.5) is 0 Å². The number of amides is 1. The zero-order chi connectivity index (χ0) is 22.2. The van der Waals surface area contributed by atoms with E-state index in [2.05, 4.69) is 22.1 Å². The molecule has 1 aromatic heterocycles. The first-order valence-electron chi connectivity index (χ1n) is 9.34. The van der Waals surface area contributed by atoms with Gasteiger partial charge in [-0.15, -0.1) is 24.7 Å². The van der Waals surface area contributed by atoms with Crippen LogP contribution in [-0.4, -0.2) is 23.4 Å². The lowest BCUT2D eigenvalue weighted by atomic mass is 9.88. The van der Waals surface area contributed by atoms with Crippen LogP contribution in [0, 0.1) is 42.4 Å². The molecular weight excluding hydrogens is 356 g/mol. The van der Waals surface area contributed by atoms with Crippen molar-refractivity contribution < 1.29 is 19.4 Å². The van der Waals surface area contributed by atoms with Crippen molar-refractivity contribution >= 4 is 11.9 Å². The van der Waals surface area contributed by atoms with Crippen LogP contribution < -0.4 is 5.32 Å². The number of ether oxygens (including phenoxy) is 1. The third-order valence-corrected chi connectivity index (χ3v) is 4.44. The fourth-order valence-electron chi connectivity index (χ4n) is 2.40. The van der Waals surface area contributed by atoms with Crippen molar-refractivity contribution in [3.05, 3.63) is 23.0 Å². The molecule has 1 aromatic rings. The summed E-state index contributed by atoms with van der Waals surface area (Å²) in [5.74, 6) is 4.47. The molecule has 0 saturated carbocycles. The van der Waals surface area contributed by atoms with E-state index in [0.29, 0.717) is 16.8 Å². The maximum absolute atomic E-state index is 12.5. The Kier molecular flexibility index (Phi) is 7.06. The van der Waals surface area contributed by atoms with Gasteiger partial charge < -0.3 is 15.2 Å². The molecule has 6 nitrogen and oxygen atoms in total. The summed E-state index contributed by atoms with van der Waals surface area (Å²) in [6.07, 6.45) is 12.7. The fraction of sp³-hybridized carbons (Fsp3) is 0.500. The summed E-state index contributed by atoms with van der Waals surface area (Å²) in [5, 5.41) is 7.54. The number of carbonyl (C=O) groups is 2. The molecule has 6 heteroatoms. The van der Waals surface area contributed by atoms with Gasteiger partial charge in [0.05, 0.1) is 16.5 Å². The molecule has 1 heterocycles. The Morgan fingerprint density at radius 3 is 2.43 bits per heavy atom. The number of hydrogen-bond acceptors (Lipinski definition) is 5. The lowest BCUT2D eigenvalue weighted by Gasteiger charge is -2.23. The van der Waals surface area contributed by atoms with Crippen LogP contribution in [0.5, 0.6) is 5.75 Å². The monoisotopic (exact) mass is 385 g/mol. The summed E-state index contributed by atoms with van der Waals surface area (Å²) in [6.45, 7) is 8.57. The molecule has 0 aliphatic carbocycles. The topological polar surface area (TPSA) is 88.5 Å². The summed E-state index contributed by atoms with van der Waals surface area (Å²) >= 11 is 0. The van der Waals surface area contributed by atoms with E-state index < -0.39 is 16.8 Å². The highest BCUT2D eigenvalue weighted by molar-refractivity contribution is 5.82. The van der Waals surface area contributed by atoms with Crippen LogP contribution in [0.25, 0.3) is 0 Å². The first-order chi connectivity index (χ1) is 13.5. The SMILES string of the molecule is [2H]Oc1c(C)ncc(COC(=O)C(C)(C)CC#C)c1CNC(=O)C(C)(C)CC#C. The molecule has 0 radical (unpaired) electrons. The van der Waals surface area contributed by atoms with E-state index in [0.717, 1.165) is 0 Å². The van der Waals surface area contributed by atoms with Crippen molar-refractivity contribution in [1.29, 1.82) is 1.43 Å². The van der Waals surface area contributed by atoms with Crippen molar-refractivity contribution in [1.82, 2.24) is 10.3 Å². The van der Waals surface area contributed by atoms with Gasteiger partial charge in [-0.3, -0.25) is 14.6 Å². The molecule has 0 aromatic carbocycles. The van der Waals surface area contributed by atoms with Gasteiger partial charge in [0.25, 0.3) is 1.43 Å². The number of rotatable bonds is 9. The smallest absolute Gasteiger partial charge is 0.312 e. The van der Waals surface area contributed by atoms with Crippen LogP contribution >= 0.6 is 0 Å². The van der Waals surface area contributed by atoms with E-state index in [1.165, 1.54) is 6.20 Å². The Balaban J connectivity index is 3.06. The quantitative estimate of drug-likeness (QED) is 0.504. The summed E-state index contributed by atoms with van der Waals surface area (Å²) in [6, 6.07) is 0. The third-order valence-electron chi connectivity index (χ3n) is 4.44. The lowest BCUT2D eigenvalue weighted by Crippen LogP contribution is -2.36. The molecule has 1 rings (SSSR count). The van der Waals surface area contributed by atoms with E-state index in [1.807, 2.05) is 0 Å². The van der Waals surface area contributed by atoms with Crippen LogP contribution in [0.3, 0.4) is 0 Å². The zero-order valence-electron chi connectivity index (χ0n) is 18.1. The molecule has 0 unspecified atom stereocenters. The summed E-state index contributed by atoms with van der Waals surface area (Å²) in [7, 11) is 0. The Bertz CT molecular complexity index is 848. The van der Waals surface area contributed by atoms with Crippen molar-refractivity contribution in [2.75, 3.05) is 0 Å². The number of terminal acetylenes is 2. The van der Waals surface area contributed by atoms with E-state index in [-0.39, 0.29) is 37.6 Å². The molecule has 150 valence electrons. The van der Waals surface area contributed by atoms with Gasteiger partial charge in [0.1, 0.15) is 12.4 Å². The van der Waals surface area contributed by atoms with Gasteiger partial charge >= 0.3 is 5.97 Å². The van der Waals surface area contributed by atoms with Gasteiger partial charge in [-0.25, -0.2) is 0 Å². The van der Waals surface area contributed by atoms with Crippen LogP contribution in [0.2, 0.25) is 0 Å². The van der Waals surface area contributed by atoms with E-state index in [1.54, 1.807) is 34.6 Å². The van der Waals surface area contributed by atoms with Crippen molar-refractivity contribution in [3.63, 3.8) is 0 Å². The summed E-state index contributed by atoms with van der Waals surface area (Å²) < 4.78 is 12.8. The van der Waals surface area contributed by atoms with Crippen LogP contribution in [-0.2, 0) is 27.5 Å². The minimum atomic E-state index is -0.824. The van der Waals surface area contributed by atoms with E-state index >= 15 is 0 Å². The highest BCUT2D eigenvalue weighted by Crippen LogP contribution is 2.27. The summed E-state index contributed by atoms with van der Waals surface area (Å²) in [4.78, 5) is 29.0. The second kappa shape index (κ2) is 9.28. The van der Waals surface area contributed by atoms with Crippen molar-refractivity contribution in [2.45, 2.75) is 60.6 Å². The maximum Gasteiger partial charge on any atom is 0.312 e. The van der Waals surface area contributed by atoms with Gasteiger partial charge in [0.15, 0.2) is 0 Å². The van der Waals surface area contributed by atoms with Gasteiger partial charge in [-0.05, 0) is 20.8 Å². The van der Waals surface area contributed by atoms with Gasteiger partial charge in [-0.1, -0.05) is 13.8 Å². The molecule has 0 fully saturated rings. The second-order valence-corrected chi connectivity index (χ2v) is 7.96. The van der Waals surface area contributed by atoms with Gasteiger partial charge in [0, 0.05) is 36.7 Å². The molecule has 0 aliphatic rings. The second-order valence-electron chi connectivity index (χ2n) is 7.96. The number of aryl methyl sites for hydroxylation is 1. The molecule has 0 saturated heterocycles. The zero-order valence-corrected chi connectivity index (χ0v) is 17.1. The first-order valence-corrected chi connectivity index (χ1v) is 8.93. The standard InChI is InChI=1S/C22H28N2O4/c1-8-10-21(4,5)19(26)24-13-17-16(12-23-15(3)18(17)25)14-28-20(27)22(6,7)11-9-2/h1-2,12,25H,10-11,13-14H2,3-7H3,(H,24,26)/i/hD. The van der Waals surface area contributed by atoms with Gasteiger partial charge in [-0.2, -0.15) is 0 Å². The first kappa shape index (κ1) is 21.3. The van der Waals surface area contributed by atoms with Crippen LogP contribution in [0.1, 0.15) is 57.4 Å². The highest BCUT2D eigenvalue weighted by atomic mass is 16.5. The van der Waals surface area contributed by atoms with Gasteiger partial charge in [0.2, 0.25) is 5.91 Å². The number of esters is 1. The number of nitrogens with one attached hydrogen (secondary N) is 1. The average molecular weight is 385 g/mol. The van der Waals surface area contributed by atoms with Crippen molar-refractivity contribution in [2.24, 2.45) is 10.8 Å². The predicted octanol–water partition coefficient (Wildman–Crippen LogP) is 2.85. The molecule has 0 bridgehead atoms. The van der Waals surface area contributed by atoms with Crippen molar-refractivity contribution in [3.8, 4) is 30.4 Å². The number of nitrogens with zero attached hydrogens (tertiary/aromatic N) is 1. The molecule has 1 amide bonds. The average Bonchev–Trinajstić information content (AvgIpc) is 2.64. The van der Waals surface area contributed by atoms with Crippen LogP contribution in [0.15, 0.2) is 6.20 Å². The number of carbonyl (C=O) groups excluding carboxylic acids is 2. The highest BCUT2D eigenvalue weighted by Gasteiger charge is 2.29. The Morgan fingerprint density at radius 2 is 1.86 bits per heavy atom. The fourth-order valence-corrected chi connectivity index (χ4v) is 2.40. The number of aromatic nitrogens is 1.